The molecule has 1 aliphatic carbocycles. The molecular formula is C20H19BrO. The van der Waals surface area contributed by atoms with Crippen molar-refractivity contribution in [3.05, 3.63) is 70.3 Å². The van der Waals surface area contributed by atoms with Gasteiger partial charge in [-0.25, -0.2) is 0 Å². The van der Waals surface area contributed by atoms with Gasteiger partial charge in [0.1, 0.15) is 5.75 Å². The lowest BCUT2D eigenvalue weighted by Crippen LogP contribution is -1.96. The van der Waals surface area contributed by atoms with Crippen LogP contribution in [0.15, 0.2) is 42.5 Å². The van der Waals surface area contributed by atoms with Crippen molar-refractivity contribution in [1.29, 1.82) is 0 Å². The third-order valence-electron chi connectivity index (χ3n) is 4.02. The Hall–Kier alpha value is -1.80. The first-order valence-electron chi connectivity index (χ1n) is 7.47. The van der Waals surface area contributed by atoms with E-state index in [0.29, 0.717) is 0 Å². The second-order valence-electron chi connectivity index (χ2n) is 5.42. The van der Waals surface area contributed by atoms with Crippen LogP contribution in [0.25, 0.3) is 17.7 Å². The van der Waals surface area contributed by atoms with Crippen LogP contribution in [0.3, 0.4) is 0 Å². The molecule has 0 radical (unpaired) electrons. The first-order chi connectivity index (χ1) is 10.7. The summed E-state index contributed by atoms with van der Waals surface area (Å²) in [7, 11) is 1.71. The standard InChI is InChI=1S/C20H19BrO/c1-14-5-3-6-15-8-9-16-13-17(22-2)10-11-18(16)19(20(14)15)7-4-12-21/h3,5-11,13H,4,12H2,1-2H3/b19-7+. The average Bonchev–Trinajstić information content (AvgIpc) is 2.70. The second kappa shape index (κ2) is 6.53. The van der Waals surface area contributed by atoms with E-state index in [1.165, 1.54) is 33.4 Å². The Labute approximate surface area is 140 Å². The monoisotopic (exact) mass is 354 g/mol. The molecule has 0 amide bonds. The number of fused-ring (bicyclic) bond motifs is 2. The summed E-state index contributed by atoms with van der Waals surface area (Å²) in [4.78, 5) is 0. The fourth-order valence-electron chi connectivity index (χ4n) is 2.97. The number of alkyl halides is 1. The second-order valence-corrected chi connectivity index (χ2v) is 6.21. The molecule has 2 aromatic rings. The van der Waals surface area contributed by atoms with Gasteiger partial charge in [-0.05, 0) is 58.9 Å². The molecule has 0 aliphatic heterocycles. The molecule has 0 heterocycles. The van der Waals surface area contributed by atoms with Crippen LogP contribution in [-0.2, 0) is 0 Å². The van der Waals surface area contributed by atoms with E-state index in [1.54, 1.807) is 7.11 Å². The first-order valence-corrected chi connectivity index (χ1v) is 8.59. The predicted molar refractivity (Wildman–Crippen MR) is 98.6 cm³/mol. The molecule has 0 bridgehead atoms. The van der Waals surface area contributed by atoms with Crippen molar-refractivity contribution >= 4 is 33.7 Å². The highest BCUT2D eigenvalue weighted by molar-refractivity contribution is 9.09. The highest BCUT2D eigenvalue weighted by atomic mass is 79.9. The maximum Gasteiger partial charge on any atom is 0.119 e. The molecule has 1 nitrogen and oxygen atoms in total. The Morgan fingerprint density at radius 3 is 2.68 bits per heavy atom. The summed E-state index contributed by atoms with van der Waals surface area (Å²) < 4.78 is 5.38. The Morgan fingerprint density at radius 1 is 1.09 bits per heavy atom. The van der Waals surface area contributed by atoms with Crippen LogP contribution in [-0.4, -0.2) is 12.4 Å². The van der Waals surface area contributed by atoms with E-state index in [2.05, 4.69) is 71.4 Å². The molecule has 112 valence electrons. The van der Waals surface area contributed by atoms with Gasteiger partial charge in [-0.3, -0.25) is 0 Å². The van der Waals surface area contributed by atoms with Gasteiger partial charge in [0, 0.05) is 5.33 Å². The average molecular weight is 355 g/mol. The van der Waals surface area contributed by atoms with Crippen LogP contribution in [0.4, 0.5) is 0 Å². The minimum atomic E-state index is 0.894. The van der Waals surface area contributed by atoms with Crippen molar-refractivity contribution in [3.63, 3.8) is 0 Å². The third kappa shape index (κ3) is 2.76. The van der Waals surface area contributed by atoms with Gasteiger partial charge >= 0.3 is 0 Å². The first kappa shape index (κ1) is 15.1. The number of rotatable bonds is 3. The zero-order valence-electron chi connectivity index (χ0n) is 12.9. The van der Waals surface area contributed by atoms with E-state index < -0.39 is 0 Å². The van der Waals surface area contributed by atoms with E-state index in [-0.39, 0.29) is 0 Å². The van der Waals surface area contributed by atoms with Crippen molar-refractivity contribution in [3.8, 4) is 5.75 Å². The number of ether oxygens (including phenoxy) is 1. The van der Waals surface area contributed by atoms with E-state index in [1.807, 2.05) is 6.07 Å². The number of halogens is 1. The van der Waals surface area contributed by atoms with Crippen molar-refractivity contribution in [2.24, 2.45) is 0 Å². The quantitative estimate of drug-likeness (QED) is 0.547. The maximum atomic E-state index is 5.38. The zero-order chi connectivity index (χ0) is 15.5. The van der Waals surface area contributed by atoms with Gasteiger partial charge < -0.3 is 4.74 Å². The van der Waals surface area contributed by atoms with Crippen molar-refractivity contribution < 1.29 is 4.74 Å². The Kier molecular flexibility index (Phi) is 4.49. The molecule has 2 aromatic carbocycles. The smallest absolute Gasteiger partial charge is 0.119 e. The molecular weight excluding hydrogens is 336 g/mol. The Morgan fingerprint density at radius 2 is 1.91 bits per heavy atom. The van der Waals surface area contributed by atoms with Crippen molar-refractivity contribution in [2.75, 3.05) is 12.4 Å². The number of hydrogen-bond acceptors (Lipinski definition) is 1. The fourth-order valence-corrected chi connectivity index (χ4v) is 3.20. The van der Waals surface area contributed by atoms with Crippen LogP contribution in [0.5, 0.6) is 5.75 Å². The van der Waals surface area contributed by atoms with Gasteiger partial charge in [0.2, 0.25) is 0 Å². The molecule has 0 fully saturated rings. The van der Waals surface area contributed by atoms with Crippen molar-refractivity contribution in [1.82, 2.24) is 0 Å². The summed E-state index contributed by atoms with van der Waals surface area (Å²) in [6, 6.07) is 12.8. The number of methoxy groups -OCH3 is 1. The molecule has 0 N–H and O–H groups in total. The van der Waals surface area contributed by atoms with Gasteiger partial charge in [0.05, 0.1) is 7.11 Å². The number of benzene rings is 2. The molecule has 0 spiro atoms. The largest absolute Gasteiger partial charge is 0.497 e. The summed E-state index contributed by atoms with van der Waals surface area (Å²) in [5.41, 5.74) is 7.71. The van der Waals surface area contributed by atoms with E-state index >= 15 is 0 Å². The molecule has 0 unspecified atom stereocenters. The zero-order valence-corrected chi connectivity index (χ0v) is 14.5. The molecule has 0 atom stereocenters. The van der Waals surface area contributed by atoms with Crippen LogP contribution in [0.2, 0.25) is 0 Å². The molecule has 1 aliphatic rings. The lowest BCUT2D eigenvalue weighted by molar-refractivity contribution is 0.414. The molecule has 0 aromatic heterocycles. The molecule has 22 heavy (non-hydrogen) atoms. The van der Waals surface area contributed by atoms with Gasteiger partial charge in [-0.1, -0.05) is 58.4 Å². The van der Waals surface area contributed by atoms with Crippen molar-refractivity contribution in [2.45, 2.75) is 13.3 Å². The topological polar surface area (TPSA) is 9.23 Å². The van der Waals surface area contributed by atoms with Gasteiger partial charge in [-0.2, -0.15) is 0 Å². The lowest BCUT2D eigenvalue weighted by Gasteiger charge is -2.15. The molecule has 0 saturated heterocycles. The Balaban J connectivity index is 2.26. The Bertz CT molecular complexity index is 756. The third-order valence-corrected chi connectivity index (χ3v) is 4.48. The van der Waals surface area contributed by atoms with E-state index in [0.717, 1.165) is 17.5 Å². The van der Waals surface area contributed by atoms with Crippen LogP contribution in [0, 0.1) is 6.92 Å². The van der Waals surface area contributed by atoms with Crippen LogP contribution >= 0.6 is 15.9 Å². The normalized spacial score (nSPS) is 14.4. The molecule has 3 rings (SSSR count). The predicted octanol–water partition coefficient (Wildman–Crippen LogP) is 5.70. The minimum absolute atomic E-state index is 0.894. The van der Waals surface area contributed by atoms with E-state index in [9.17, 15) is 0 Å². The summed E-state index contributed by atoms with van der Waals surface area (Å²) in [6.45, 7) is 2.18. The molecule has 0 saturated carbocycles. The highest BCUT2D eigenvalue weighted by Gasteiger charge is 2.17. The lowest BCUT2D eigenvalue weighted by atomic mass is 9.90. The number of hydrogen-bond donors (Lipinski definition) is 0. The summed E-state index contributed by atoms with van der Waals surface area (Å²) in [6.07, 6.45) is 7.73. The summed E-state index contributed by atoms with van der Waals surface area (Å²) in [5, 5.41) is 0.969. The van der Waals surface area contributed by atoms with Gasteiger partial charge in [0.15, 0.2) is 0 Å². The summed E-state index contributed by atoms with van der Waals surface area (Å²) >= 11 is 3.54. The number of allylic oxidation sites excluding steroid dienone is 1. The SMILES string of the molecule is COc1ccc2c(c1)C=Cc1cccc(C)c1/C2=C/CCBr. The number of aryl methyl sites for hydroxylation is 1. The van der Waals surface area contributed by atoms with Gasteiger partial charge in [0.25, 0.3) is 0 Å². The van der Waals surface area contributed by atoms with Gasteiger partial charge in [-0.15, -0.1) is 0 Å². The fraction of sp³-hybridized carbons (Fsp3) is 0.200. The minimum Gasteiger partial charge on any atom is -0.497 e. The summed E-state index contributed by atoms with van der Waals surface area (Å²) in [5.74, 6) is 0.894. The van der Waals surface area contributed by atoms with Crippen LogP contribution < -0.4 is 4.74 Å². The highest BCUT2D eigenvalue weighted by Crippen LogP contribution is 2.37. The van der Waals surface area contributed by atoms with E-state index in [4.69, 9.17) is 4.74 Å². The van der Waals surface area contributed by atoms with Crippen LogP contribution in [0.1, 0.15) is 34.2 Å². The molecule has 2 heteroatoms. The maximum absolute atomic E-state index is 5.38.